The number of hydrogen-bond acceptors (Lipinski definition) is 3. The Morgan fingerprint density at radius 2 is 2.12 bits per heavy atom. The van der Waals surface area contributed by atoms with Crippen molar-refractivity contribution in [3.05, 3.63) is 46.3 Å². The van der Waals surface area contributed by atoms with Crippen LogP contribution in [0.25, 0.3) is 0 Å². The lowest BCUT2D eigenvalue weighted by Crippen LogP contribution is -2.13. The van der Waals surface area contributed by atoms with Crippen LogP contribution in [0.3, 0.4) is 0 Å². The van der Waals surface area contributed by atoms with Crippen LogP contribution in [0.4, 0.5) is 5.69 Å². The first-order valence-corrected chi connectivity index (χ1v) is 5.45. The molecular formula is C12H11ClN2O2. The minimum atomic E-state index is -0.313. The molecule has 0 saturated heterocycles. The number of aromatic nitrogens is 1. The van der Waals surface area contributed by atoms with E-state index in [1.807, 2.05) is 13.0 Å². The maximum Gasteiger partial charge on any atom is 0.277 e. The van der Waals surface area contributed by atoms with Gasteiger partial charge in [0.1, 0.15) is 5.76 Å². The van der Waals surface area contributed by atoms with Gasteiger partial charge in [-0.25, -0.2) is 0 Å². The molecule has 2 rings (SSSR count). The van der Waals surface area contributed by atoms with Gasteiger partial charge in [0, 0.05) is 16.8 Å². The summed E-state index contributed by atoms with van der Waals surface area (Å²) in [5.41, 5.74) is 1.85. The quantitative estimate of drug-likeness (QED) is 0.891. The molecule has 1 aromatic carbocycles. The van der Waals surface area contributed by atoms with Gasteiger partial charge in [0.25, 0.3) is 5.91 Å². The predicted octanol–water partition coefficient (Wildman–Crippen LogP) is 3.20. The first-order chi connectivity index (χ1) is 8.06. The molecule has 0 aliphatic heterocycles. The van der Waals surface area contributed by atoms with Crippen LogP contribution in [0.1, 0.15) is 21.8 Å². The fourth-order valence-electron chi connectivity index (χ4n) is 1.39. The molecule has 0 atom stereocenters. The Bertz CT molecular complexity index is 563. The van der Waals surface area contributed by atoms with E-state index in [4.69, 9.17) is 16.1 Å². The predicted molar refractivity (Wildman–Crippen MR) is 65.4 cm³/mol. The van der Waals surface area contributed by atoms with Crippen LogP contribution < -0.4 is 5.32 Å². The smallest absolute Gasteiger partial charge is 0.277 e. The van der Waals surface area contributed by atoms with Crippen molar-refractivity contribution in [3.8, 4) is 0 Å². The molecule has 5 heteroatoms. The zero-order valence-electron chi connectivity index (χ0n) is 9.45. The second-order valence-electron chi connectivity index (χ2n) is 3.74. The van der Waals surface area contributed by atoms with Gasteiger partial charge in [-0.05, 0) is 31.5 Å². The van der Waals surface area contributed by atoms with E-state index in [-0.39, 0.29) is 11.6 Å². The fraction of sp³-hybridized carbons (Fsp3) is 0.167. The normalized spacial score (nSPS) is 10.3. The number of rotatable bonds is 2. The summed E-state index contributed by atoms with van der Waals surface area (Å²) in [4.78, 5) is 11.8. The largest absolute Gasteiger partial charge is 0.361 e. The van der Waals surface area contributed by atoms with Crippen LogP contribution in [0.2, 0.25) is 5.02 Å². The molecule has 17 heavy (non-hydrogen) atoms. The third-order valence-corrected chi connectivity index (χ3v) is 2.54. The third-order valence-electron chi connectivity index (χ3n) is 2.31. The van der Waals surface area contributed by atoms with Gasteiger partial charge >= 0.3 is 0 Å². The standard InChI is InChI=1S/C12H11ClN2O2/c1-7-3-4-9(13)6-10(7)14-12(16)11-5-8(2)17-15-11/h3-6H,1-2H3,(H,14,16). The van der Waals surface area contributed by atoms with Crippen molar-refractivity contribution < 1.29 is 9.32 Å². The molecule has 2 aromatic rings. The van der Waals surface area contributed by atoms with Crippen LogP contribution in [-0.4, -0.2) is 11.1 Å². The summed E-state index contributed by atoms with van der Waals surface area (Å²) < 4.78 is 4.84. The average molecular weight is 251 g/mol. The van der Waals surface area contributed by atoms with E-state index in [0.717, 1.165) is 5.56 Å². The lowest BCUT2D eigenvalue weighted by Gasteiger charge is -2.06. The molecule has 0 aliphatic carbocycles. The Balaban J connectivity index is 2.21. The number of carbonyl (C=O) groups is 1. The number of benzene rings is 1. The van der Waals surface area contributed by atoms with Crippen molar-refractivity contribution in [2.45, 2.75) is 13.8 Å². The zero-order chi connectivity index (χ0) is 12.4. The molecule has 1 heterocycles. The summed E-state index contributed by atoms with van der Waals surface area (Å²) in [6, 6.07) is 6.88. The molecule has 0 fully saturated rings. The molecule has 0 radical (unpaired) electrons. The molecule has 0 spiro atoms. The van der Waals surface area contributed by atoms with Gasteiger partial charge in [0.2, 0.25) is 0 Å². The number of amides is 1. The minimum Gasteiger partial charge on any atom is -0.361 e. The van der Waals surface area contributed by atoms with Gasteiger partial charge in [-0.2, -0.15) is 0 Å². The molecule has 0 saturated carbocycles. The van der Waals surface area contributed by atoms with Crippen molar-refractivity contribution >= 4 is 23.2 Å². The number of aryl methyl sites for hydroxylation is 2. The number of nitrogens with one attached hydrogen (secondary N) is 1. The van der Waals surface area contributed by atoms with Crippen molar-refractivity contribution in [3.63, 3.8) is 0 Å². The topological polar surface area (TPSA) is 55.1 Å². The highest BCUT2D eigenvalue weighted by atomic mass is 35.5. The lowest BCUT2D eigenvalue weighted by molar-refractivity contribution is 0.101. The second kappa shape index (κ2) is 4.59. The molecule has 1 N–H and O–H groups in total. The Morgan fingerprint density at radius 3 is 2.76 bits per heavy atom. The van der Waals surface area contributed by atoms with E-state index in [9.17, 15) is 4.79 Å². The van der Waals surface area contributed by atoms with Crippen LogP contribution in [0.15, 0.2) is 28.8 Å². The van der Waals surface area contributed by atoms with E-state index >= 15 is 0 Å². The molecule has 0 unspecified atom stereocenters. The Labute approximate surface area is 104 Å². The maximum atomic E-state index is 11.8. The van der Waals surface area contributed by atoms with Crippen molar-refractivity contribution in [1.29, 1.82) is 0 Å². The first-order valence-electron chi connectivity index (χ1n) is 5.07. The van der Waals surface area contributed by atoms with Crippen LogP contribution in [0.5, 0.6) is 0 Å². The summed E-state index contributed by atoms with van der Waals surface area (Å²) in [5.74, 6) is 0.283. The fourth-order valence-corrected chi connectivity index (χ4v) is 1.56. The second-order valence-corrected chi connectivity index (χ2v) is 4.17. The van der Waals surface area contributed by atoms with Gasteiger partial charge in [-0.1, -0.05) is 22.8 Å². The number of carbonyl (C=O) groups excluding carboxylic acids is 1. The Kier molecular flexibility index (Phi) is 3.15. The maximum absolute atomic E-state index is 11.8. The highest BCUT2D eigenvalue weighted by Gasteiger charge is 2.12. The van der Waals surface area contributed by atoms with Gasteiger partial charge in [-0.3, -0.25) is 4.79 Å². The summed E-state index contributed by atoms with van der Waals surface area (Å²) in [5, 5.41) is 6.95. The molecule has 4 nitrogen and oxygen atoms in total. The van der Waals surface area contributed by atoms with Gasteiger partial charge < -0.3 is 9.84 Å². The molecule has 0 bridgehead atoms. The number of anilines is 1. The van der Waals surface area contributed by atoms with E-state index in [1.54, 1.807) is 25.1 Å². The van der Waals surface area contributed by atoms with E-state index in [2.05, 4.69) is 10.5 Å². The van der Waals surface area contributed by atoms with Crippen molar-refractivity contribution in [1.82, 2.24) is 5.16 Å². The van der Waals surface area contributed by atoms with Gasteiger partial charge in [-0.15, -0.1) is 0 Å². The van der Waals surface area contributed by atoms with E-state index in [1.165, 1.54) is 0 Å². The SMILES string of the molecule is Cc1cc(C(=O)Nc2cc(Cl)ccc2C)no1. The highest BCUT2D eigenvalue weighted by Crippen LogP contribution is 2.20. The molecule has 0 aliphatic rings. The summed E-state index contributed by atoms with van der Waals surface area (Å²) in [6.45, 7) is 3.62. The summed E-state index contributed by atoms with van der Waals surface area (Å²) in [6.07, 6.45) is 0. The monoisotopic (exact) mass is 250 g/mol. The highest BCUT2D eigenvalue weighted by molar-refractivity contribution is 6.31. The van der Waals surface area contributed by atoms with E-state index in [0.29, 0.717) is 16.5 Å². The molecule has 1 amide bonds. The number of halogens is 1. The van der Waals surface area contributed by atoms with Crippen LogP contribution in [-0.2, 0) is 0 Å². The van der Waals surface area contributed by atoms with Gasteiger partial charge in [0.15, 0.2) is 5.69 Å². The van der Waals surface area contributed by atoms with Crippen LogP contribution >= 0.6 is 11.6 Å². The number of nitrogens with zero attached hydrogens (tertiary/aromatic N) is 1. The molecule has 88 valence electrons. The average Bonchev–Trinajstić information content (AvgIpc) is 2.70. The van der Waals surface area contributed by atoms with Crippen LogP contribution in [0, 0.1) is 13.8 Å². The zero-order valence-corrected chi connectivity index (χ0v) is 10.2. The van der Waals surface area contributed by atoms with Gasteiger partial charge in [0.05, 0.1) is 0 Å². The Hall–Kier alpha value is -1.81. The minimum absolute atomic E-state index is 0.252. The molecular weight excluding hydrogens is 240 g/mol. The third kappa shape index (κ3) is 2.65. The summed E-state index contributed by atoms with van der Waals surface area (Å²) in [7, 11) is 0. The first kappa shape index (κ1) is 11.7. The number of hydrogen-bond donors (Lipinski definition) is 1. The van der Waals surface area contributed by atoms with E-state index < -0.39 is 0 Å². The van der Waals surface area contributed by atoms with Crippen molar-refractivity contribution in [2.75, 3.05) is 5.32 Å². The lowest BCUT2D eigenvalue weighted by atomic mass is 10.2. The molecule has 1 aromatic heterocycles. The Morgan fingerprint density at radius 1 is 1.35 bits per heavy atom. The van der Waals surface area contributed by atoms with Crippen molar-refractivity contribution in [2.24, 2.45) is 0 Å². The summed E-state index contributed by atoms with van der Waals surface area (Å²) >= 11 is 5.86.